The fourth-order valence-electron chi connectivity index (χ4n) is 2.57. The molecule has 0 saturated carbocycles. The monoisotopic (exact) mass is 286 g/mol. The highest BCUT2D eigenvalue weighted by atomic mass is 16.5. The predicted octanol–water partition coefficient (Wildman–Crippen LogP) is 3.26. The average Bonchev–Trinajstić information content (AvgIpc) is 2.54. The Balaban J connectivity index is 1.89. The van der Waals surface area contributed by atoms with Gasteiger partial charge in [-0.25, -0.2) is 0 Å². The van der Waals surface area contributed by atoms with Crippen LogP contribution in [0.15, 0.2) is 42.5 Å². The first-order valence-electron chi connectivity index (χ1n) is 6.88. The van der Waals surface area contributed by atoms with E-state index < -0.39 is 6.10 Å². The molecule has 0 aromatic heterocycles. The summed E-state index contributed by atoms with van der Waals surface area (Å²) in [6.07, 6.45) is -0.177. The Hall–Kier alpha value is -2.20. The molecule has 0 amide bonds. The fraction of sp³-hybridized carbons (Fsp3) is 0.294. The van der Waals surface area contributed by atoms with Crippen LogP contribution in [0.2, 0.25) is 0 Å². The summed E-state index contributed by atoms with van der Waals surface area (Å²) in [6.45, 7) is 0. The molecule has 2 atom stereocenters. The number of hydrogen-bond donors (Lipinski definition) is 1. The second-order valence-electron chi connectivity index (χ2n) is 5.03. The Morgan fingerprint density at radius 2 is 1.67 bits per heavy atom. The summed E-state index contributed by atoms with van der Waals surface area (Å²) in [6, 6.07) is 13.2. The van der Waals surface area contributed by atoms with Gasteiger partial charge in [0.2, 0.25) is 0 Å². The summed E-state index contributed by atoms with van der Waals surface area (Å²) in [5.41, 5.74) is 1.82. The minimum absolute atomic E-state index is 0.175. The molecule has 0 bridgehead atoms. The molecule has 2 aromatic carbocycles. The lowest BCUT2D eigenvalue weighted by Crippen LogP contribution is -2.19. The molecule has 0 radical (unpaired) electrons. The van der Waals surface area contributed by atoms with Crippen LogP contribution in [0.1, 0.15) is 29.8 Å². The van der Waals surface area contributed by atoms with Crippen LogP contribution in [0.5, 0.6) is 17.2 Å². The van der Waals surface area contributed by atoms with Crippen molar-refractivity contribution in [2.75, 3.05) is 14.2 Å². The molecule has 1 aliphatic rings. The van der Waals surface area contributed by atoms with E-state index in [0.29, 0.717) is 12.2 Å². The number of methoxy groups -OCH3 is 2. The zero-order chi connectivity index (χ0) is 14.8. The van der Waals surface area contributed by atoms with Gasteiger partial charge in [-0.15, -0.1) is 0 Å². The van der Waals surface area contributed by atoms with Gasteiger partial charge in [0.15, 0.2) is 0 Å². The maximum absolute atomic E-state index is 10.3. The number of aliphatic hydroxyl groups is 1. The topological polar surface area (TPSA) is 47.9 Å². The highest BCUT2D eigenvalue weighted by molar-refractivity contribution is 5.44. The van der Waals surface area contributed by atoms with Crippen molar-refractivity contribution in [2.45, 2.75) is 18.6 Å². The number of benzene rings is 2. The minimum Gasteiger partial charge on any atom is -0.497 e. The van der Waals surface area contributed by atoms with Gasteiger partial charge in [0.25, 0.3) is 0 Å². The summed E-state index contributed by atoms with van der Waals surface area (Å²) in [5.74, 6) is 2.20. The van der Waals surface area contributed by atoms with Gasteiger partial charge < -0.3 is 19.3 Å². The van der Waals surface area contributed by atoms with Gasteiger partial charge >= 0.3 is 0 Å². The summed E-state index contributed by atoms with van der Waals surface area (Å²) in [4.78, 5) is 0. The second kappa shape index (κ2) is 5.66. The van der Waals surface area contributed by atoms with E-state index in [-0.39, 0.29) is 6.10 Å². The first-order valence-corrected chi connectivity index (χ1v) is 6.88. The van der Waals surface area contributed by atoms with Crippen LogP contribution in [-0.4, -0.2) is 19.3 Å². The Morgan fingerprint density at radius 1 is 1.00 bits per heavy atom. The number of fused-ring (bicyclic) bond motifs is 1. The van der Waals surface area contributed by atoms with Crippen LogP contribution < -0.4 is 14.2 Å². The van der Waals surface area contributed by atoms with Crippen LogP contribution >= 0.6 is 0 Å². The standard InChI is InChI=1S/C17H18O4/c1-19-12-5-3-11(4-6-12)16-10-15(18)14-8-7-13(20-2)9-17(14)21-16/h3-9,15-16,18H,10H2,1-2H3. The summed E-state index contributed by atoms with van der Waals surface area (Å²) in [7, 11) is 3.25. The van der Waals surface area contributed by atoms with E-state index in [9.17, 15) is 5.11 Å². The van der Waals surface area contributed by atoms with Crippen molar-refractivity contribution in [2.24, 2.45) is 0 Å². The van der Waals surface area contributed by atoms with E-state index in [1.807, 2.05) is 42.5 Å². The minimum atomic E-state index is -0.535. The molecule has 0 saturated heterocycles. The maximum Gasteiger partial charge on any atom is 0.129 e. The zero-order valence-corrected chi connectivity index (χ0v) is 12.1. The van der Waals surface area contributed by atoms with E-state index in [1.165, 1.54) is 0 Å². The predicted molar refractivity (Wildman–Crippen MR) is 78.9 cm³/mol. The molecular formula is C17H18O4. The summed E-state index contributed by atoms with van der Waals surface area (Å²) >= 11 is 0. The van der Waals surface area contributed by atoms with Crippen molar-refractivity contribution >= 4 is 0 Å². The van der Waals surface area contributed by atoms with E-state index in [0.717, 1.165) is 22.6 Å². The quantitative estimate of drug-likeness (QED) is 0.941. The molecular weight excluding hydrogens is 268 g/mol. The molecule has 0 aliphatic carbocycles. The van der Waals surface area contributed by atoms with Gasteiger partial charge in [0.1, 0.15) is 23.4 Å². The Morgan fingerprint density at radius 3 is 2.33 bits per heavy atom. The number of ether oxygens (including phenoxy) is 3. The third-order valence-electron chi connectivity index (χ3n) is 3.77. The van der Waals surface area contributed by atoms with Crippen molar-refractivity contribution in [1.82, 2.24) is 0 Å². The molecule has 4 heteroatoms. The third kappa shape index (κ3) is 2.67. The van der Waals surface area contributed by atoms with Crippen molar-refractivity contribution in [3.05, 3.63) is 53.6 Å². The molecule has 3 rings (SSSR count). The average molecular weight is 286 g/mol. The highest BCUT2D eigenvalue weighted by Gasteiger charge is 2.28. The molecule has 1 aliphatic heterocycles. The van der Waals surface area contributed by atoms with Gasteiger partial charge in [-0.3, -0.25) is 0 Å². The van der Waals surface area contributed by atoms with Crippen LogP contribution in [0, 0.1) is 0 Å². The first kappa shape index (κ1) is 13.8. The molecule has 4 nitrogen and oxygen atoms in total. The molecule has 110 valence electrons. The van der Waals surface area contributed by atoms with Crippen molar-refractivity contribution in [3.63, 3.8) is 0 Å². The SMILES string of the molecule is COc1ccc(C2CC(O)c3ccc(OC)cc3O2)cc1. The molecule has 2 unspecified atom stereocenters. The normalized spacial score (nSPS) is 20.3. The van der Waals surface area contributed by atoms with Crippen LogP contribution in [-0.2, 0) is 0 Å². The molecule has 0 spiro atoms. The number of rotatable bonds is 3. The van der Waals surface area contributed by atoms with Gasteiger partial charge in [-0.05, 0) is 29.8 Å². The lowest BCUT2D eigenvalue weighted by atomic mass is 9.95. The Kier molecular flexibility index (Phi) is 3.71. The largest absolute Gasteiger partial charge is 0.497 e. The van der Waals surface area contributed by atoms with Crippen molar-refractivity contribution in [3.8, 4) is 17.2 Å². The molecule has 0 fully saturated rings. The lowest BCUT2D eigenvalue weighted by molar-refractivity contribution is 0.0655. The van der Waals surface area contributed by atoms with Crippen LogP contribution in [0.25, 0.3) is 0 Å². The van der Waals surface area contributed by atoms with Gasteiger partial charge in [-0.1, -0.05) is 12.1 Å². The summed E-state index contributed by atoms with van der Waals surface area (Å²) in [5, 5.41) is 10.3. The van der Waals surface area contributed by atoms with Gasteiger partial charge in [-0.2, -0.15) is 0 Å². The highest BCUT2D eigenvalue weighted by Crippen LogP contribution is 2.42. The van der Waals surface area contributed by atoms with Crippen LogP contribution in [0.3, 0.4) is 0 Å². The van der Waals surface area contributed by atoms with E-state index >= 15 is 0 Å². The maximum atomic E-state index is 10.3. The lowest BCUT2D eigenvalue weighted by Gasteiger charge is -2.30. The van der Waals surface area contributed by atoms with E-state index in [2.05, 4.69) is 0 Å². The molecule has 1 heterocycles. The smallest absolute Gasteiger partial charge is 0.129 e. The van der Waals surface area contributed by atoms with Gasteiger partial charge in [0, 0.05) is 18.1 Å². The Labute approximate surface area is 123 Å². The van der Waals surface area contributed by atoms with Crippen molar-refractivity contribution < 1.29 is 19.3 Å². The zero-order valence-electron chi connectivity index (χ0n) is 12.1. The number of aliphatic hydroxyl groups excluding tert-OH is 1. The van der Waals surface area contributed by atoms with E-state index in [1.54, 1.807) is 14.2 Å². The van der Waals surface area contributed by atoms with Crippen LogP contribution in [0.4, 0.5) is 0 Å². The van der Waals surface area contributed by atoms with Crippen molar-refractivity contribution in [1.29, 1.82) is 0 Å². The Bertz CT molecular complexity index is 621. The number of hydrogen-bond acceptors (Lipinski definition) is 4. The molecule has 2 aromatic rings. The summed E-state index contributed by atoms with van der Waals surface area (Å²) < 4.78 is 16.4. The first-order chi connectivity index (χ1) is 10.2. The second-order valence-corrected chi connectivity index (χ2v) is 5.03. The van der Waals surface area contributed by atoms with Gasteiger partial charge in [0.05, 0.1) is 20.3 Å². The molecule has 21 heavy (non-hydrogen) atoms. The fourth-order valence-corrected chi connectivity index (χ4v) is 2.57. The third-order valence-corrected chi connectivity index (χ3v) is 3.77. The van der Waals surface area contributed by atoms with E-state index in [4.69, 9.17) is 14.2 Å². The molecule has 1 N–H and O–H groups in total.